The molecule has 0 aliphatic rings. The molecule has 0 atom stereocenters. The lowest BCUT2D eigenvalue weighted by Gasteiger charge is -2.11. The summed E-state index contributed by atoms with van der Waals surface area (Å²) in [5.74, 6) is -0.0223. The molecule has 2 heterocycles. The number of thiophene rings is 1. The molecule has 0 saturated heterocycles. The Morgan fingerprint density at radius 3 is 2.41 bits per heavy atom. The van der Waals surface area contributed by atoms with Crippen molar-refractivity contribution >= 4 is 17.2 Å². The van der Waals surface area contributed by atoms with Crippen molar-refractivity contribution in [3.05, 3.63) is 65.1 Å². The number of rotatable bonds is 4. The molecule has 0 bridgehead atoms. The smallest absolute Gasteiger partial charge is 0.263 e. The molecule has 4 heteroatoms. The Morgan fingerprint density at radius 2 is 1.77 bits per heavy atom. The Hall–Kier alpha value is -2.33. The first-order chi connectivity index (χ1) is 10.7. The molecule has 1 aromatic carbocycles. The fourth-order valence-electron chi connectivity index (χ4n) is 2.40. The van der Waals surface area contributed by atoms with E-state index in [0.717, 1.165) is 21.7 Å². The zero-order chi connectivity index (χ0) is 15.5. The molecule has 3 aromatic rings. The SMILES string of the molecule is CC(C)NC(=O)c1scc(-c2ccccc2)c1-n1cccc1. The van der Waals surface area contributed by atoms with Crippen LogP contribution in [0.2, 0.25) is 0 Å². The lowest BCUT2D eigenvalue weighted by atomic mass is 10.1. The van der Waals surface area contributed by atoms with Crippen molar-refractivity contribution in [1.29, 1.82) is 0 Å². The number of aromatic nitrogens is 1. The molecular weight excluding hydrogens is 292 g/mol. The molecule has 0 unspecified atom stereocenters. The van der Waals surface area contributed by atoms with Crippen molar-refractivity contribution in [3.8, 4) is 16.8 Å². The molecule has 3 nitrogen and oxygen atoms in total. The van der Waals surface area contributed by atoms with E-state index in [0.29, 0.717) is 0 Å². The molecule has 0 aliphatic carbocycles. The van der Waals surface area contributed by atoms with E-state index in [4.69, 9.17) is 0 Å². The standard InChI is InChI=1S/C18H18N2OS/c1-13(2)19-18(21)17-16(20-10-6-7-11-20)15(12-22-17)14-8-4-3-5-9-14/h3-13H,1-2H3,(H,19,21). The Labute approximate surface area is 134 Å². The minimum absolute atomic E-state index is 0.0223. The highest BCUT2D eigenvalue weighted by Crippen LogP contribution is 2.34. The molecule has 1 amide bonds. The number of nitrogens with zero attached hydrogens (tertiary/aromatic N) is 1. The predicted molar refractivity (Wildman–Crippen MR) is 91.7 cm³/mol. The maximum Gasteiger partial charge on any atom is 0.263 e. The van der Waals surface area contributed by atoms with Crippen molar-refractivity contribution in [2.24, 2.45) is 0 Å². The summed E-state index contributed by atoms with van der Waals surface area (Å²) in [5.41, 5.74) is 3.14. The second kappa shape index (κ2) is 6.20. The normalized spacial score (nSPS) is 10.9. The quantitative estimate of drug-likeness (QED) is 0.764. The summed E-state index contributed by atoms with van der Waals surface area (Å²) >= 11 is 1.49. The average molecular weight is 310 g/mol. The first-order valence-electron chi connectivity index (χ1n) is 7.28. The zero-order valence-corrected chi connectivity index (χ0v) is 13.4. The van der Waals surface area contributed by atoms with Gasteiger partial charge in [-0.2, -0.15) is 0 Å². The van der Waals surface area contributed by atoms with Crippen molar-refractivity contribution in [1.82, 2.24) is 9.88 Å². The lowest BCUT2D eigenvalue weighted by molar-refractivity contribution is 0.0947. The van der Waals surface area contributed by atoms with E-state index in [-0.39, 0.29) is 11.9 Å². The van der Waals surface area contributed by atoms with E-state index in [2.05, 4.69) is 22.8 Å². The molecule has 0 fully saturated rings. The highest BCUT2D eigenvalue weighted by atomic mass is 32.1. The van der Waals surface area contributed by atoms with Gasteiger partial charge in [0.2, 0.25) is 0 Å². The number of nitrogens with one attached hydrogen (secondary N) is 1. The summed E-state index contributed by atoms with van der Waals surface area (Å²) in [6.07, 6.45) is 3.95. The fraction of sp³-hybridized carbons (Fsp3) is 0.167. The van der Waals surface area contributed by atoms with Gasteiger partial charge in [0, 0.05) is 29.4 Å². The molecule has 112 valence electrons. The monoisotopic (exact) mass is 310 g/mol. The van der Waals surface area contributed by atoms with E-state index in [1.807, 2.05) is 61.1 Å². The molecular formula is C18H18N2OS. The second-order valence-corrected chi connectivity index (χ2v) is 6.29. The summed E-state index contributed by atoms with van der Waals surface area (Å²) < 4.78 is 2.01. The van der Waals surface area contributed by atoms with Crippen LogP contribution in [0.15, 0.2) is 60.2 Å². The Balaban J connectivity index is 2.13. The average Bonchev–Trinajstić information content (AvgIpc) is 3.16. The maximum atomic E-state index is 12.5. The minimum atomic E-state index is -0.0223. The van der Waals surface area contributed by atoms with Crippen LogP contribution >= 0.6 is 11.3 Å². The third-order valence-electron chi connectivity index (χ3n) is 3.34. The van der Waals surface area contributed by atoms with Crippen molar-refractivity contribution in [2.75, 3.05) is 0 Å². The largest absolute Gasteiger partial charge is 0.349 e. The van der Waals surface area contributed by atoms with Crippen LogP contribution in [0.4, 0.5) is 0 Å². The number of hydrogen-bond acceptors (Lipinski definition) is 2. The highest BCUT2D eigenvalue weighted by molar-refractivity contribution is 7.13. The number of amides is 1. The highest BCUT2D eigenvalue weighted by Gasteiger charge is 2.20. The maximum absolute atomic E-state index is 12.5. The molecule has 0 spiro atoms. The number of carbonyl (C=O) groups excluding carboxylic acids is 1. The van der Waals surface area contributed by atoms with Crippen LogP contribution < -0.4 is 5.32 Å². The summed E-state index contributed by atoms with van der Waals surface area (Å²) in [6.45, 7) is 3.94. The van der Waals surface area contributed by atoms with Gasteiger partial charge in [-0.15, -0.1) is 11.3 Å². The molecule has 0 aliphatic heterocycles. The molecule has 0 saturated carbocycles. The topological polar surface area (TPSA) is 34.0 Å². The first kappa shape index (κ1) is 14.6. The van der Waals surface area contributed by atoms with Crippen LogP contribution in [-0.4, -0.2) is 16.5 Å². The Bertz CT molecular complexity index is 758. The van der Waals surface area contributed by atoms with Gasteiger partial charge in [-0.25, -0.2) is 0 Å². The number of hydrogen-bond donors (Lipinski definition) is 1. The predicted octanol–water partition coefficient (Wildman–Crippen LogP) is 4.34. The van der Waals surface area contributed by atoms with Gasteiger partial charge in [-0.1, -0.05) is 30.3 Å². The fourth-order valence-corrected chi connectivity index (χ4v) is 3.38. The summed E-state index contributed by atoms with van der Waals surface area (Å²) in [5, 5.41) is 5.04. The van der Waals surface area contributed by atoms with Gasteiger partial charge in [0.15, 0.2) is 0 Å². The minimum Gasteiger partial charge on any atom is -0.349 e. The van der Waals surface area contributed by atoms with Gasteiger partial charge in [-0.3, -0.25) is 4.79 Å². The van der Waals surface area contributed by atoms with Gasteiger partial charge in [0.1, 0.15) is 4.88 Å². The second-order valence-electron chi connectivity index (χ2n) is 5.41. The van der Waals surface area contributed by atoms with Gasteiger partial charge in [0.05, 0.1) is 5.69 Å². The van der Waals surface area contributed by atoms with Crippen LogP contribution in [0.25, 0.3) is 16.8 Å². The van der Waals surface area contributed by atoms with Gasteiger partial charge in [-0.05, 0) is 31.5 Å². The van der Waals surface area contributed by atoms with E-state index in [9.17, 15) is 4.79 Å². The van der Waals surface area contributed by atoms with E-state index < -0.39 is 0 Å². The molecule has 3 rings (SSSR count). The van der Waals surface area contributed by atoms with Crippen LogP contribution in [-0.2, 0) is 0 Å². The first-order valence-corrected chi connectivity index (χ1v) is 8.16. The van der Waals surface area contributed by atoms with Crippen LogP contribution in [0.1, 0.15) is 23.5 Å². The molecule has 0 radical (unpaired) electrons. The Morgan fingerprint density at radius 1 is 1.09 bits per heavy atom. The lowest BCUT2D eigenvalue weighted by Crippen LogP contribution is -2.30. The summed E-state index contributed by atoms with van der Waals surface area (Å²) in [6, 6.07) is 14.2. The third-order valence-corrected chi connectivity index (χ3v) is 4.31. The number of carbonyl (C=O) groups is 1. The van der Waals surface area contributed by atoms with Crippen LogP contribution in [0, 0.1) is 0 Å². The Kier molecular flexibility index (Phi) is 4.11. The van der Waals surface area contributed by atoms with Gasteiger partial charge < -0.3 is 9.88 Å². The summed E-state index contributed by atoms with van der Waals surface area (Å²) in [7, 11) is 0. The van der Waals surface area contributed by atoms with Crippen molar-refractivity contribution in [3.63, 3.8) is 0 Å². The zero-order valence-electron chi connectivity index (χ0n) is 12.6. The van der Waals surface area contributed by atoms with Gasteiger partial charge >= 0.3 is 0 Å². The van der Waals surface area contributed by atoms with E-state index >= 15 is 0 Å². The van der Waals surface area contributed by atoms with Gasteiger partial charge in [0.25, 0.3) is 5.91 Å². The summed E-state index contributed by atoms with van der Waals surface area (Å²) in [4.78, 5) is 13.2. The van der Waals surface area contributed by atoms with Crippen LogP contribution in [0.5, 0.6) is 0 Å². The molecule has 2 aromatic heterocycles. The van der Waals surface area contributed by atoms with Crippen LogP contribution in [0.3, 0.4) is 0 Å². The molecule has 22 heavy (non-hydrogen) atoms. The third kappa shape index (κ3) is 2.83. The van der Waals surface area contributed by atoms with E-state index in [1.165, 1.54) is 11.3 Å². The number of benzene rings is 1. The van der Waals surface area contributed by atoms with E-state index in [1.54, 1.807) is 0 Å². The molecule has 1 N–H and O–H groups in total. The van der Waals surface area contributed by atoms with Crippen molar-refractivity contribution in [2.45, 2.75) is 19.9 Å². The van der Waals surface area contributed by atoms with Crippen molar-refractivity contribution < 1.29 is 4.79 Å².